The lowest BCUT2D eigenvalue weighted by Crippen LogP contribution is -2.11. The number of rotatable bonds is 4. The first kappa shape index (κ1) is 16.6. The SMILES string of the molecule is COc1ccc(NC(=O)c2cc(-c3cc(C)cc(C)c3O)on2)cc1. The molecular weight excluding hydrogens is 320 g/mol. The number of carbonyl (C=O) groups excluding carboxylic acids is 1. The number of phenols is 1. The molecule has 1 amide bonds. The third-order valence-electron chi connectivity index (χ3n) is 3.80. The van der Waals surface area contributed by atoms with E-state index in [0.717, 1.165) is 11.1 Å². The van der Waals surface area contributed by atoms with Crippen LogP contribution in [0.2, 0.25) is 0 Å². The number of carbonyl (C=O) groups is 1. The van der Waals surface area contributed by atoms with Crippen molar-refractivity contribution in [2.75, 3.05) is 12.4 Å². The van der Waals surface area contributed by atoms with Crippen molar-refractivity contribution in [3.8, 4) is 22.8 Å². The summed E-state index contributed by atoms with van der Waals surface area (Å²) in [5.41, 5.74) is 2.96. The van der Waals surface area contributed by atoms with Gasteiger partial charge in [-0.2, -0.15) is 0 Å². The van der Waals surface area contributed by atoms with Crippen LogP contribution in [0.5, 0.6) is 11.5 Å². The number of anilines is 1. The number of hydrogen-bond donors (Lipinski definition) is 2. The van der Waals surface area contributed by atoms with Crippen molar-refractivity contribution in [3.05, 3.63) is 59.3 Å². The van der Waals surface area contributed by atoms with E-state index in [1.807, 2.05) is 13.0 Å². The number of amides is 1. The van der Waals surface area contributed by atoms with Gasteiger partial charge in [0.1, 0.15) is 11.5 Å². The van der Waals surface area contributed by atoms with Crippen LogP contribution in [0, 0.1) is 13.8 Å². The lowest BCUT2D eigenvalue weighted by atomic mass is 10.0. The largest absolute Gasteiger partial charge is 0.507 e. The maximum absolute atomic E-state index is 12.3. The van der Waals surface area contributed by atoms with Gasteiger partial charge in [0.15, 0.2) is 11.5 Å². The Balaban J connectivity index is 1.82. The van der Waals surface area contributed by atoms with Gasteiger partial charge in [0.25, 0.3) is 5.91 Å². The normalized spacial score (nSPS) is 10.5. The smallest absolute Gasteiger partial charge is 0.277 e. The minimum absolute atomic E-state index is 0.115. The maximum Gasteiger partial charge on any atom is 0.277 e. The molecule has 1 aromatic heterocycles. The first-order chi connectivity index (χ1) is 12.0. The molecule has 1 heterocycles. The molecule has 0 bridgehead atoms. The van der Waals surface area contributed by atoms with Gasteiger partial charge in [-0.25, -0.2) is 0 Å². The second-order valence-electron chi connectivity index (χ2n) is 5.74. The first-order valence-corrected chi connectivity index (χ1v) is 7.70. The predicted molar refractivity (Wildman–Crippen MR) is 94.0 cm³/mol. The number of methoxy groups -OCH3 is 1. The number of aryl methyl sites for hydroxylation is 2. The molecule has 2 aromatic carbocycles. The molecule has 6 nitrogen and oxygen atoms in total. The Hall–Kier alpha value is -3.28. The van der Waals surface area contributed by atoms with Gasteiger partial charge in [-0.05, 0) is 55.3 Å². The summed E-state index contributed by atoms with van der Waals surface area (Å²) in [5, 5.41) is 16.7. The van der Waals surface area contributed by atoms with Gasteiger partial charge in [-0.1, -0.05) is 11.2 Å². The van der Waals surface area contributed by atoms with Crippen molar-refractivity contribution in [3.63, 3.8) is 0 Å². The van der Waals surface area contributed by atoms with Crippen LogP contribution in [0.3, 0.4) is 0 Å². The number of aromatic nitrogens is 1. The number of aromatic hydroxyl groups is 1. The highest BCUT2D eigenvalue weighted by molar-refractivity contribution is 6.03. The lowest BCUT2D eigenvalue weighted by Gasteiger charge is -2.05. The van der Waals surface area contributed by atoms with E-state index >= 15 is 0 Å². The zero-order valence-electron chi connectivity index (χ0n) is 14.2. The van der Waals surface area contributed by atoms with Crippen molar-refractivity contribution in [1.29, 1.82) is 0 Å². The van der Waals surface area contributed by atoms with Crippen molar-refractivity contribution < 1.29 is 19.2 Å². The van der Waals surface area contributed by atoms with Crippen molar-refractivity contribution in [2.24, 2.45) is 0 Å². The van der Waals surface area contributed by atoms with Crippen LogP contribution in [0.4, 0.5) is 5.69 Å². The van der Waals surface area contributed by atoms with E-state index in [4.69, 9.17) is 9.26 Å². The zero-order valence-corrected chi connectivity index (χ0v) is 14.2. The molecule has 25 heavy (non-hydrogen) atoms. The Morgan fingerprint density at radius 3 is 2.56 bits per heavy atom. The lowest BCUT2D eigenvalue weighted by molar-refractivity contribution is 0.101. The van der Waals surface area contributed by atoms with Gasteiger partial charge in [0, 0.05) is 11.8 Å². The first-order valence-electron chi connectivity index (χ1n) is 7.70. The Bertz CT molecular complexity index is 914. The number of nitrogens with one attached hydrogen (secondary N) is 1. The molecule has 0 atom stereocenters. The third kappa shape index (κ3) is 3.47. The van der Waals surface area contributed by atoms with Gasteiger partial charge >= 0.3 is 0 Å². The molecule has 0 fully saturated rings. The monoisotopic (exact) mass is 338 g/mol. The average molecular weight is 338 g/mol. The highest BCUT2D eigenvalue weighted by Gasteiger charge is 2.17. The van der Waals surface area contributed by atoms with E-state index in [9.17, 15) is 9.90 Å². The Labute approximate surface area is 145 Å². The summed E-state index contributed by atoms with van der Waals surface area (Å²) in [7, 11) is 1.58. The molecule has 3 rings (SSSR count). The summed E-state index contributed by atoms with van der Waals surface area (Å²) in [6.45, 7) is 3.73. The fourth-order valence-electron chi connectivity index (χ4n) is 2.53. The molecule has 0 aliphatic heterocycles. The number of nitrogens with zero attached hydrogens (tertiary/aromatic N) is 1. The second kappa shape index (κ2) is 6.68. The summed E-state index contributed by atoms with van der Waals surface area (Å²) >= 11 is 0. The summed E-state index contributed by atoms with van der Waals surface area (Å²) in [4.78, 5) is 12.3. The molecule has 0 saturated heterocycles. The molecular formula is C19H18N2O4. The number of phenolic OH excluding ortho intramolecular Hbond substituents is 1. The van der Waals surface area contributed by atoms with Crippen molar-refractivity contribution in [1.82, 2.24) is 5.16 Å². The van der Waals surface area contributed by atoms with Crippen LogP contribution in [0.25, 0.3) is 11.3 Å². The van der Waals surface area contributed by atoms with Crippen LogP contribution < -0.4 is 10.1 Å². The van der Waals surface area contributed by atoms with Crippen LogP contribution in [0.15, 0.2) is 47.0 Å². The number of ether oxygens (including phenoxy) is 1. The van der Waals surface area contributed by atoms with Crippen LogP contribution in [-0.2, 0) is 0 Å². The van der Waals surface area contributed by atoms with E-state index in [0.29, 0.717) is 22.8 Å². The minimum Gasteiger partial charge on any atom is -0.507 e. The fraction of sp³-hybridized carbons (Fsp3) is 0.158. The molecule has 0 spiro atoms. The second-order valence-corrected chi connectivity index (χ2v) is 5.74. The minimum atomic E-state index is -0.399. The van der Waals surface area contributed by atoms with Gasteiger partial charge in [-0.15, -0.1) is 0 Å². The predicted octanol–water partition coefficient (Wildman–Crippen LogP) is 3.92. The number of hydrogen-bond acceptors (Lipinski definition) is 5. The van der Waals surface area contributed by atoms with E-state index < -0.39 is 5.91 Å². The maximum atomic E-state index is 12.3. The average Bonchev–Trinajstić information content (AvgIpc) is 3.09. The standard InChI is InChI=1S/C19H18N2O4/c1-11-8-12(2)18(22)15(9-11)17-10-16(21-25-17)19(23)20-13-4-6-14(24-3)7-5-13/h4-10,22H,1-3H3,(H,20,23). The molecule has 0 saturated carbocycles. The molecule has 0 radical (unpaired) electrons. The van der Waals surface area contributed by atoms with Crippen LogP contribution >= 0.6 is 0 Å². The summed E-state index contributed by atoms with van der Waals surface area (Å²) < 4.78 is 10.3. The summed E-state index contributed by atoms with van der Waals surface area (Å²) in [6, 6.07) is 12.1. The van der Waals surface area contributed by atoms with E-state index in [1.54, 1.807) is 44.4 Å². The Morgan fingerprint density at radius 2 is 1.88 bits per heavy atom. The molecule has 6 heteroatoms. The quantitative estimate of drug-likeness (QED) is 0.753. The van der Waals surface area contributed by atoms with Crippen LogP contribution in [0.1, 0.15) is 21.6 Å². The van der Waals surface area contributed by atoms with Gasteiger partial charge in [0.05, 0.1) is 12.7 Å². The van der Waals surface area contributed by atoms with E-state index in [-0.39, 0.29) is 11.4 Å². The molecule has 0 aliphatic rings. The highest BCUT2D eigenvalue weighted by atomic mass is 16.5. The molecule has 3 aromatic rings. The van der Waals surface area contributed by atoms with E-state index in [2.05, 4.69) is 10.5 Å². The van der Waals surface area contributed by atoms with Crippen molar-refractivity contribution in [2.45, 2.75) is 13.8 Å². The van der Waals surface area contributed by atoms with Crippen LogP contribution in [-0.4, -0.2) is 23.3 Å². The van der Waals surface area contributed by atoms with Crippen molar-refractivity contribution >= 4 is 11.6 Å². The van der Waals surface area contributed by atoms with Gasteiger partial charge in [0.2, 0.25) is 0 Å². The topological polar surface area (TPSA) is 84.6 Å². The van der Waals surface area contributed by atoms with Gasteiger partial charge in [-0.3, -0.25) is 4.79 Å². The zero-order chi connectivity index (χ0) is 18.0. The highest BCUT2D eigenvalue weighted by Crippen LogP contribution is 2.33. The summed E-state index contributed by atoms with van der Waals surface area (Å²) in [6.07, 6.45) is 0. The molecule has 0 unspecified atom stereocenters. The Morgan fingerprint density at radius 1 is 1.16 bits per heavy atom. The van der Waals surface area contributed by atoms with E-state index in [1.165, 1.54) is 6.07 Å². The Kier molecular flexibility index (Phi) is 4.43. The molecule has 2 N–H and O–H groups in total. The summed E-state index contributed by atoms with van der Waals surface area (Å²) in [5.74, 6) is 0.754. The van der Waals surface area contributed by atoms with Gasteiger partial charge < -0.3 is 19.7 Å². The molecule has 0 aliphatic carbocycles. The number of benzene rings is 2. The fourth-order valence-corrected chi connectivity index (χ4v) is 2.53. The molecule has 128 valence electrons. The third-order valence-corrected chi connectivity index (χ3v) is 3.80.